The van der Waals surface area contributed by atoms with Crippen LogP contribution in [0.3, 0.4) is 0 Å². The van der Waals surface area contributed by atoms with Crippen LogP contribution in [0.2, 0.25) is 0 Å². The molecule has 1 aliphatic rings. The molecule has 1 saturated heterocycles. The van der Waals surface area contributed by atoms with E-state index in [1.165, 1.54) is 4.88 Å². The van der Waals surface area contributed by atoms with Crippen molar-refractivity contribution in [1.29, 1.82) is 0 Å². The Morgan fingerprint density at radius 2 is 2.22 bits per heavy atom. The number of nitrogens with zero attached hydrogens (tertiary/aromatic N) is 2. The quantitative estimate of drug-likeness (QED) is 0.907. The minimum Gasteiger partial charge on any atom is -0.379 e. The second-order valence-electron chi connectivity index (χ2n) is 5.59. The first-order valence-corrected chi connectivity index (χ1v) is 8.61. The first-order chi connectivity index (χ1) is 11.2. The Morgan fingerprint density at radius 3 is 2.83 bits per heavy atom. The summed E-state index contributed by atoms with van der Waals surface area (Å²) in [6.45, 7) is 7.33. The summed E-state index contributed by atoms with van der Waals surface area (Å²) in [5, 5.41) is 8.95. The summed E-state index contributed by atoms with van der Waals surface area (Å²) in [6.07, 6.45) is 0. The molecule has 2 aromatic heterocycles. The summed E-state index contributed by atoms with van der Waals surface area (Å²) in [7, 11) is 0. The number of hydrogen-bond acceptors (Lipinski definition) is 6. The lowest BCUT2D eigenvalue weighted by molar-refractivity contribution is 0.0169. The molecule has 1 N–H and O–H groups in total. The highest BCUT2D eigenvalue weighted by atomic mass is 32.1. The van der Waals surface area contributed by atoms with Gasteiger partial charge in [-0.1, -0.05) is 11.2 Å². The van der Waals surface area contributed by atoms with E-state index in [0.717, 1.165) is 26.3 Å². The Balaban J connectivity index is 1.70. The van der Waals surface area contributed by atoms with Crippen molar-refractivity contribution in [3.05, 3.63) is 39.4 Å². The van der Waals surface area contributed by atoms with Crippen molar-refractivity contribution < 1.29 is 14.1 Å². The van der Waals surface area contributed by atoms with E-state index in [0.29, 0.717) is 23.6 Å². The molecule has 0 saturated carbocycles. The number of thiophene rings is 1. The van der Waals surface area contributed by atoms with Gasteiger partial charge in [0.1, 0.15) is 11.3 Å². The zero-order chi connectivity index (χ0) is 16.2. The molecule has 0 radical (unpaired) electrons. The van der Waals surface area contributed by atoms with Gasteiger partial charge in [0.2, 0.25) is 0 Å². The largest absolute Gasteiger partial charge is 0.379 e. The molecule has 124 valence electrons. The molecule has 23 heavy (non-hydrogen) atoms. The van der Waals surface area contributed by atoms with E-state index in [9.17, 15) is 4.79 Å². The average Bonchev–Trinajstić information content (AvgIpc) is 3.19. The molecule has 7 heteroatoms. The number of rotatable bonds is 5. The molecule has 3 rings (SSSR count). The van der Waals surface area contributed by atoms with Crippen LogP contribution < -0.4 is 5.32 Å². The van der Waals surface area contributed by atoms with E-state index in [-0.39, 0.29) is 11.9 Å². The number of ether oxygens (including phenoxy) is 1. The van der Waals surface area contributed by atoms with Gasteiger partial charge in [0.15, 0.2) is 0 Å². The van der Waals surface area contributed by atoms with Gasteiger partial charge >= 0.3 is 0 Å². The van der Waals surface area contributed by atoms with Crippen LogP contribution in [0.25, 0.3) is 0 Å². The highest BCUT2D eigenvalue weighted by Gasteiger charge is 2.25. The third-order valence-electron chi connectivity index (χ3n) is 4.07. The molecule has 2 aromatic rings. The molecule has 0 aromatic carbocycles. The van der Waals surface area contributed by atoms with Gasteiger partial charge in [0.05, 0.1) is 24.9 Å². The molecular weight excluding hydrogens is 314 g/mol. The summed E-state index contributed by atoms with van der Waals surface area (Å²) in [6, 6.07) is 4.33. The van der Waals surface area contributed by atoms with Crippen LogP contribution in [-0.4, -0.2) is 48.8 Å². The number of aromatic nitrogens is 1. The molecule has 3 heterocycles. The highest BCUT2D eigenvalue weighted by molar-refractivity contribution is 7.10. The maximum atomic E-state index is 12.5. The topological polar surface area (TPSA) is 67.6 Å². The van der Waals surface area contributed by atoms with Gasteiger partial charge in [0, 0.05) is 24.5 Å². The van der Waals surface area contributed by atoms with Crippen molar-refractivity contribution in [2.45, 2.75) is 19.9 Å². The predicted octanol–water partition coefficient (Wildman–Crippen LogP) is 2.16. The van der Waals surface area contributed by atoms with E-state index in [1.54, 1.807) is 25.2 Å². The normalized spacial score (nSPS) is 17.1. The molecule has 1 atom stereocenters. The highest BCUT2D eigenvalue weighted by Crippen LogP contribution is 2.25. The van der Waals surface area contributed by atoms with Gasteiger partial charge in [-0.15, -0.1) is 11.3 Å². The lowest BCUT2D eigenvalue weighted by atomic mass is 10.1. The SMILES string of the molecule is Cc1noc(C)c1C(=O)NC[C@@H](c1cccs1)N1CCOCC1. The number of carbonyl (C=O) groups is 1. The first-order valence-electron chi connectivity index (χ1n) is 7.73. The maximum Gasteiger partial charge on any atom is 0.256 e. The van der Waals surface area contributed by atoms with E-state index >= 15 is 0 Å². The molecule has 1 aliphatic heterocycles. The van der Waals surface area contributed by atoms with Crippen molar-refractivity contribution in [2.24, 2.45) is 0 Å². The van der Waals surface area contributed by atoms with Crippen molar-refractivity contribution in [3.63, 3.8) is 0 Å². The van der Waals surface area contributed by atoms with Crippen LogP contribution >= 0.6 is 11.3 Å². The number of hydrogen-bond donors (Lipinski definition) is 1. The van der Waals surface area contributed by atoms with Crippen LogP contribution in [0.4, 0.5) is 0 Å². The molecule has 1 amide bonds. The van der Waals surface area contributed by atoms with Crippen molar-refractivity contribution >= 4 is 17.2 Å². The monoisotopic (exact) mass is 335 g/mol. The molecular formula is C16H21N3O3S. The summed E-state index contributed by atoms with van der Waals surface area (Å²) in [4.78, 5) is 16.1. The fourth-order valence-corrected chi connectivity index (χ4v) is 3.73. The maximum absolute atomic E-state index is 12.5. The Labute approximate surface area is 139 Å². The molecule has 1 fully saturated rings. The standard InChI is InChI=1S/C16H21N3O3S/c1-11-15(12(2)22-18-11)16(20)17-10-13(14-4-3-9-23-14)19-5-7-21-8-6-19/h3-4,9,13H,5-8,10H2,1-2H3,(H,17,20)/t13-/m0/s1. The predicted molar refractivity (Wildman–Crippen MR) is 87.8 cm³/mol. The van der Waals surface area contributed by atoms with Gasteiger partial charge in [-0.05, 0) is 25.3 Å². The minimum absolute atomic E-state index is 0.129. The molecule has 0 spiro atoms. The lowest BCUT2D eigenvalue weighted by Crippen LogP contribution is -2.43. The van der Waals surface area contributed by atoms with E-state index in [2.05, 4.69) is 26.8 Å². The Hall–Kier alpha value is -1.70. The van der Waals surface area contributed by atoms with Crippen LogP contribution in [0, 0.1) is 13.8 Å². The summed E-state index contributed by atoms with van der Waals surface area (Å²) in [5.41, 5.74) is 1.16. The van der Waals surface area contributed by atoms with Gasteiger partial charge in [-0.3, -0.25) is 9.69 Å². The van der Waals surface area contributed by atoms with Crippen molar-refractivity contribution in [3.8, 4) is 0 Å². The third-order valence-corrected chi connectivity index (χ3v) is 5.05. The molecule has 0 aliphatic carbocycles. The van der Waals surface area contributed by atoms with Gasteiger partial charge < -0.3 is 14.6 Å². The smallest absolute Gasteiger partial charge is 0.256 e. The van der Waals surface area contributed by atoms with Gasteiger partial charge in [-0.2, -0.15) is 0 Å². The Morgan fingerprint density at radius 1 is 1.43 bits per heavy atom. The van der Waals surface area contributed by atoms with E-state index < -0.39 is 0 Å². The first kappa shape index (κ1) is 16.2. The van der Waals surface area contributed by atoms with Crippen molar-refractivity contribution in [1.82, 2.24) is 15.4 Å². The second-order valence-corrected chi connectivity index (χ2v) is 6.57. The summed E-state index contributed by atoms with van der Waals surface area (Å²) < 4.78 is 10.5. The molecule has 0 bridgehead atoms. The zero-order valence-electron chi connectivity index (χ0n) is 13.4. The zero-order valence-corrected chi connectivity index (χ0v) is 14.2. The van der Waals surface area contributed by atoms with Crippen LogP contribution in [-0.2, 0) is 4.74 Å². The lowest BCUT2D eigenvalue weighted by Gasteiger charge is -2.34. The average molecular weight is 335 g/mol. The fourth-order valence-electron chi connectivity index (χ4n) is 2.86. The Kier molecular flexibility index (Phi) is 5.09. The molecule has 0 unspecified atom stereocenters. The number of amides is 1. The fraction of sp³-hybridized carbons (Fsp3) is 0.500. The van der Waals surface area contributed by atoms with Gasteiger partial charge in [0.25, 0.3) is 5.91 Å². The summed E-state index contributed by atoms with van der Waals surface area (Å²) >= 11 is 1.72. The number of nitrogens with one attached hydrogen (secondary N) is 1. The second kappa shape index (κ2) is 7.25. The van der Waals surface area contributed by atoms with Crippen molar-refractivity contribution in [2.75, 3.05) is 32.8 Å². The molecule has 6 nitrogen and oxygen atoms in total. The minimum atomic E-state index is -0.129. The van der Waals surface area contributed by atoms with Gasteiger partial charge in [-0.25, -0.2) is 0 Å². The van der Waals surface area contributed by atoms with Crippen LogP contribution in [0.5, 0.6) is 0 Å². The summed E-state index contributed by atoms with van der Waals surface area (Å²) in [5.74, 6) is 0.426. The van der Waals surface area contributed by atoms with E-state index in [4.69, 9.17) is 9.26 Å². The van der Waals surface area contributed by atoms with E-state index in [1.807, 2.05) is 6.07 Å². The van der Waals surface area contributed by atoms with Crippen LogP contribution in [0.15, 0.2) is 22.0 Å². The number of aryl methyl sites for hydroxylation is 2. The number of morpholine rings is 1. The van der Waals surface area contributed by atoms with Crippen LogP contribution in [0.1, 0.15) is 32.7 Å². The Bertz CT molecular complexity index is 628. The number of carbonyl (C=O) groups excluding carboxylic acids is 1. The third kappa shape index (κ3) is 3.63.